The molecule has 0 aliphatic heterocycles. The Labute approximate surface area is 114 Å². The van der Waals surface area contributed by atoms with Crippen LogP contribution in [0.15, 0.2) is 6.20 Å². The summed E-state index contributed by atoms with van der Waals surface area (Å²) in [4.78, 5) is 22.1. The van der Waals surface area contributed by atoms with Gasteiger partial charge in [0, 0.05) is 13.1 Å². The van der Waals surface area contributed by atoms with Crippen LogP contribution in [0.1, 0.15) is 42.7 Å². The van der Waals surface area contributed by atoms with Gasteiger partial charge in [-0.1, -0.05) is 13.8 Å². The highest BCUT2D eigenvalue weighted by Gasteiger charge is 2.24. The van der Waals surface area contributed by atoms with Crippen LogP contribution in [-0.4, -0.2) is 33.3 Å². The fourth-order valence-electron chi connectivity index (χ4n) is 1.67. The van der Waals surface area contributed by atoms with Crippen LogP contribution in [0.5, 0.6) is 0 Å². The lowest BCUT2D eigenvalue weighted by atomic mass is 10.2. The smallest absolute Gasteiger partial charge is 0.305 e. The van der Waals surface area contributed by atoms with Crippen molar-refractivity contribution in [3.63, 3.8) is 0 Å². The fourth-order valence-corrected chi connectivity index (χ4v) is 1.67. The summed E-state index contributed by atoms with van der Waals surface area (Å²) in [7, 11) is 0. The molecule has 1 aromatic rings. The minimum Gasteiger partial charge on any atom is -0.481 e. The lowest BCUT2D eigenvalue weighted by molar-refractivity contribution is -0.136. The highest BCUT2D eigenvalue weighted by molar-refractivity contribution is 5.95. The molecule has 1 rings (SSSR count). The van der Waals surface area contributed by atoms with Crippen molar-refractivity contribution >= 4 is 11.9 Å². The maximum absolute atomic E-state index is 13.0. The van der Waals surface area contributed by atoms with Crippen molar-refractivity contribution in [2.75, 3.05) is 6.54 Å². The van der Waals surface area contributed by atoms with Crippen LogP contribution in [0.3, 0.4) is 0 Å². The molecule has 0 unspecified atom stereocenters. The predicted molar refractivity (Wildman–Crippen MR) is 66.6 cm³/mol. The summed E-state index contributed by atoms with van der Waals surface area (Å²) in [5, 5.41) is 14.5. The van der Waals surface area contributed by atoms with Gasteiger partial charge in [0.25, 0.3) is 12.3 Å². The predicted octanol–water partition coefficient (Wildman–Crippen LogP) is 1.68. The molecule has 0 aliphatic carbocycles. The molecule has 0 saturated heterocycles. The molecule has 0 radical (unpaired) electrons. The number of hydrogen-bond donors (Lipinski definition) is 2. The molecule has 8 heteroatoms. The van der Waals surface area contributed by atoms with Crippen LogP contribution in [0, 0.1) is 5.92 Å². The molecule has 0 fully saturated rings. The van der Waals surface area contributed by atoms with Crippen LogP contribution < -0.4 is 5.32 Å². The number of carboxylic acids is 1. The molecule has 0 saturated carbocycles. The number of hydrogen-bond acceptors (Lipinski definition) is 3. The van der Waals surface area contributed by atoms with Crippen molar-refractivity contribution in [1.82, 2.24) is 15.1 Å². The van der Waals surface area contributed by atoms with Gasteiger partial charge in [-0.3, -0.25) is 14.3 Å². The van der Waals surface area contributed by atoms with Gasteiger partial charge in [0.1, 0.15) is 5.69 Å². The molecular formula is C12H17F2N3O3. The van der Waals surface area contributed by atoms with E-state index in [9.17, 15) is 18.4 Å². The molecule has 1 amide bonds. The molecule has 1 heterocycles. The molecule has 0 aromatic carbocycles. The lowest BCUT2D eigenvalue weighted by Crippen LogP contribution is -2.27. The summed E-state index contributed by atoms with van der Waals surface area (Å²) in [5.74, 6) is -1.71. The van der Waals surface area contributed by atoms with Crippen LogP contribution >= 0.6 is 0 Å². The van der Waals surface area contributed by atoms with Gasteiger partial charge in [-0.15, -0.1) is 0 Å². The van der Waals surface area contributed by atoms with Crippen molar-refractivity contribution < 1.29 is 23.5 Å². The minimum absolute atomic E-state index is 0.107. The third-order valence-corrected chi connectivity index (χ3v) is 2.49. The maximum Gasteiger partial charge on any atom is 0.305 e. The average Bonchev–Trinajstić information content (AvgIpc) is 2.71. The number of carbonyl (C=O) groups is 2. The number of aromatic nitrogens is 2. The maximum atomic E-state index is 13.0. The molecule has 1 aromatic heterocycles. The SMILES string of the molecule is CC(C)Cn1ncc(C(=O)NCCC(=O)O)c1C(F)F. The zero-order valence-corrected chi connectivity index (χ0v) is 11.3. The van der Waals surface area contributed by atoms with Crippen molar-refractivity contribution in [1.29, 1.82) is 0 Å². The highest BCUT2D eigenvalue weighted by Crippen LogP contribution is 2.23. The third kappa shape index (κ3) is 4.29. The summed E-state index contributed by atoms with van der Waals surface area (Å²) in [6.07, 6.45) is -2.01. The summed E-state index contributed by atoms with van der Waals surface area (Å²) in [5.41, 5.74) is -0.655. The number of aliphatic carboxylic acids is 1. The van der Waals surface area contributed by atoms with E-state index >= 15 is 0 Å². The van der Waals surface area contributed by atoms with Gasteiger partial charge in [-0.25, -0.2) is 8.78 Å². The van der Waals surface area contributed by atoms with Gasteiger partial charge < -0.3 is 10.4 Å². The van der Waals surface area contributed by atoms with E-state index in [4.69, 9.17) is 5.11 Å². The van der Waals surface area contributed by atoms with Crippen molar-refractivity contribution in [3.05, 3.63) is 17.5 Å². The number of amides is 1. The zero-order valence-electron chi connectivity index (χ0n) is 11.3. The van der Waals surface area contributed by atoms with E-state index in [0.717, 1.165) is 10.9 Å². The second kappa shape index (κ2) is 6.97. The molecule has 0 aliphatic rings. The molecule has 2 N–H and O–H groups in total. The largest absolute Gasteiger partial charge is 0.481 e. The Bertz CT molecular complexity index is 486. The molecule has 0 atom stereocenters. The second-order valence-electron chi connectivity index (χ2n) is 4.72. The fraction of sp³-hybridized carbons (Fsp3) is 0.583. The van der Waals surface area contributed by atoms with Crippen molar-refractivity contribution in [2.24, 2.45) is 5.92 Å². The number of carboxylic acid groups (broad SMARTS) is 1. The molecule has 0 spiro atoms. The molecule has 0 bridgehead atoms. The van der Waals surface area contributed by atoms with Crippen LogP contribution in [0.25, 0.3) is 0 Å². The van der Waals surface area contributed by atoms with Crippen molar-refractivity contribution in [3.8, 4) is 0 Å². The summed E-state index contributed by atoms with van der Waals surface area (Å²) in [6.45, 7) is 3.86. The third-order valence-electron chi connectivity index (χ3n) is 2.49. The van der Waals surface area contributed by atoms with E-state index in [2.05, 4.69) is 10.4 Å². The number of rotatable bonds is 7. The van der Waals surface area contributed by atoms with E-state index in [1.165, 1.54) is 0 Å². The standard InChI is InChI=1S/C12H17F2N3O3/c1-7(2)6-17-10(11(13)14)8(5-16-17)12(20)15-4-3-9(18)19/h5,7,11H,3-4,6H2,1-2H3,(H,15,20)(H,18,19). The first-order chi connectivity index (χ1) is 9.32. The lowest BCUT2D eigenvalue weighted by Gasteiger charge is -2.10. The monoisotopic (exact) mass is 289 g/mol. The van der Waals surface area contributed by atoms with Gasteiger partial charge in [-0.2, -0.15) is 5.10 Å². The quantitative estimate of drug-likeness (QED) is 0.800. The highest BCUT2D eigenvalue weighted by atomic mass is 19.3. The molecule has 112 valence electrons. The first-order valence-electron chi connectivity index (χ1n) is 6.16. The first-order valence-corrected chi connectivity index (χ1v) is 6.16. The number of carbonyl (C=O) groups excluding carboxylic acids is 1. The van der Waals surface area contributed by atoms with Gasteiger partial charge in [0.15, 0.2) is 0 Å². The van der Waals surface area contributed by atoms with Gasteiger partial charge >= 0.3 is 5.97 Å². The summed E-state index contributed by atoms with van der Waals surface area (Å²) < 4.78 is 27.2. The van der Waals surface area contributed by atoms with Gasteiger partial charge in [-0.05, 0) is 5.92 Å². The van der Waals surface area contributed by atoms with Crippen LogP contribution in [0.2, 0.25) is 0 Å². The normalized spacial score (nSPS) is 11.1. The van der Waals surface area contributed by atoms with E-state index in [-0.39, 0.29) is 31.0 Å². The van der Waals surface area contributed by atoms with Crippen LogP contribution in [-0.2, 0) is 11.3 Å². The Balaban J connectivity index is 2.85. The van der Waals surface area contributed by atoms with Crippen LogP contribution in [0.4, 0.5) is 8.78 Å². The Morgan fingerprint density at radius 1 is 1.45 bits per heavy atom. The topological polar surface area (TPSA) is 84.2 Å². The van der Waals surface area contributed by atoms with E-state index < -0.39 is 24.0 Å². The van der Waals surface area contributed by atoms with E-state index in [1.807, 2.05) is 13.8 Å². The number of halogens is 2. The Morgan fingerprint density at radius 2 is 2.10 bits per heavy atom. The van der Waals surface area contributed by atoms with E-state index in [1.54, 1.807) is 0 Å². The molecular weight excluding hydrogens is 272 g/mol. The Hall–Kier alpha value is -1.99. The summed E-state index contributed by atoms with van der Waals surface area (Å²) in [6, 6.07) is 0. The second-order valence-corrected chi connectivity index (χ2v) is 4.72. The molecule has 6 nitrogen and oxygen atoms in total. The Kier molecular flexibility index (Phi) is 5.60. The summed E-state index contributed by atoms with van der Waals surface area (Å²) >= 11 is 0. The molecule has 20 heavy (non-hydrogen) atoms. The zero-order chi connectivity index (χ0) is 15.3. The average molecular weight is 289 g/mol. The first kappa shape index (κ1) is 16.1. The minimum atomic E-state index is -2.82. The van der Waals surface area contributed by atoms with Gasteiger partial charge in [0.2, 0.25) is 0 Å². The number of nitrogens with one attached hydrogen (secondary N) is 1. The number of alkyl halides is 2. The van der Waals surface area contributed by atoms with Gasteiger partial charge in [0.05, 0.1) is 18.2 Å². The Morgan fingerprint density at radius 3 is 2.60 bits per heavy atom. The van der Waals surface area contributed by atoms with Crippen molar-refractivity contribution in [2.45, 2.75) is 33.2 Å². The number of nitrogens with zero attached hydrogens (tertiary/aromatic N) is 2. The van der Waals surface area contributed by atoms with E-state index in [0.29, 0.717) is 0 Å².